The maximum atomic E-state index is 13.2. The number of amides is 2. The van der Waals surface area contributed by atoms with Crippen molar-refractivity contribution >= 4 is 35.2 Å². The van der Waals surface area contributed by atoms with Crippen LogP contribution < -0.4 is 14.4 Å². The first-order chi connectivity index (χ1) is 19.3. The van der Waals surface area contributed by atoms with Gasteiger partial charge in [0.1, 0.15) is 0 Å². The molecule has 2 atom stereocenters. The molecule has 2 fully saturated rings. The minimum atomic E-state index is -0.726. The Hall–Kier alpha value is -4.25. The molecule has 0 bridgehead atoms. The van der Waals surface area contributed by atoms with Crippen LogP contribution >= 0.6 is 0 Å². The zero-order chi connectivity index (χ0) is 28.8. The first-order valence-electron chi connectivity index (χ1n) is 13.1. The first kappa shape index (κ1) is 28.8. The third kappa shape index (κ3) is 6.15. The second-order valence-corrected chi connectivity index (χ2v) is 9.49. The summed E-state index contributed by atoms with van der Waals surface area (Å²) in [5.41, 5.74) is 0.783. The van der Waals surface area contributed by atoms with Crippen LogP contribution in [-0.4, -0.2) is 81.0 Å². The average Bonchev–Trinajstić information content (AvgIpc) is 3.28. The summed E-state index contributed by atoms with van der Waals surface area (Å²) in [6, 6.07) is 9.82. The van der Waals surface area contributed by atoms with Gasteiger partial charge in [-0.05, 0) is 68.8 Å². The maximum Gasteiger partial charge on any atom is 0.338 e. The van der Waals surface area contributed by atoms with Gasteiger partial charge in [0.15, 0.2) is 23.9 Å². The van der Waals surface area contributed by atoms with E-state index in [-0.39, 0.29) is 35.7 Å². The highest BCUT2D eigenvalue weighted by atomic mass is 16.5. The molecule has 0 aromatic heterocycles. The van der Waals surface area contributed by atoms with Crippen molar-refractivity contribution in [1.29, 1.82) is 0 Å². The van der Waals surface area contributed by atoms with Gasteiger partial charge >= 0.3 is 11.9 Å². The molecule has 2 aromatic carbocycles. The molecule has 2 aliphatic heterocycles. The van der Waals surface area contributed by atoms with Gasteiger partial charge in [-0.25, -0.2) is 9.69 Å². The highest BCUT2D eigenvalue weighted by Crippen LogP contribution is 2.30. The molecular weight excluding hydrogens is 520 g/mol. The van der Waals surface area contributed by atoms with Crippen LogP contribution in [0.25, 0.3) is 0 Å². The fourth-order valence-corrected chi connectivity index (χ4v) is 4.97. The molecule has 0 N–H and O–H groups in total. The fourth-order valence-electron chi connectivity index (χ4n) is 4.97. The summed E-state index contributed by atoms with van der Waals surface area (Å²) in [5, 5.41) is 0. The number of anilines is 1. The number of hydrogen-bond acceptors (Lipinski definition) is 10. The zero-order valence-electron chi connectivity index (χ0n) is 22.7. The Labute approximate surface area is 231 Å². The van der Waals surface area contributed by atoms with Crippen LogP contribution in [0.1, 0.15) is 46.9 Å². The van der Waals surface area contributed by atoms with Crippen molar-refractivity contribution in [3.63, 3.8) is 0 Å². The Morgan fingerprint density at radius 2 is 1.62 bits per heavy atom. The number of ketones is 1. The quantitative estimate of drug-likeness (QED) is 0.246. The van der Waals surface area contributed by atoms with Gasteiger partial charge < -0.3 is 18.9 Å². The minimum Gasteiger partial charge on any atom is -0.493 e. The molecular formula is C29H32N2O9. The second-order valence-electron chi connectivity index (χ2n) is 9.49. The Balaban J connectivity index is 1.36. The van der Waals surface area contributed by atoms with E-state index in [1.54, 1.807) is 19.1 Å². The van der Waals surface area contributed by atoms with Crippen molar-refractivity contribution in [2.45, 2.75) is 32.2 Å². The van der Waals surface area contributed by atoms with Crippen LogP contribution in [0.2, 0.25) is 0 Å². The second kappa shape index (κ2) is 12.7. The van der Waals surface area contributed by atoms with E-state index < -0.39 is 24.4 Å². The normalized spacial score (nSPS) is 19.3. The van der Waals surface area contributed by atoms with E-state index in [4.69, 9.17) is 18.9 Å². The fraction of sp³-hybridized carbons (Fsp3) is 0.414. The number of hydrogen-bond donors (Lipinski definition) is 0. The van der Waals surface area contributed by atoms with Gasteiger partial charge in [0.25, 0.3) is 5.91 Å². The largest absolute Gasteiger partial charge is 0.493 e. The van der Waals surface area contributed by atoms with Gasteiger partial charge in [-0.3, -0.25) is 24.1 Å². The molecule has 2 amide bonds. The predicted molar refractivity (Wildman–Crippen MR) is 142 cm³/mol. The standard InChI is InChI=1S/C29H32N2O9/c1-4-39-29(36)20-6-5-13-30(16-20)22-15-26(33)31(27(22)34)21-10-7-18(8-11-21)28(35)40-17-23(32)19-9-12-24(37-2)25(14-19)38-3/h7-12,14,20,22H,4-6,13,15-17H2,1-3H3. The van der Waals surface area contributed by atoms with Crippen molar-refractivity contribution in [3.8, 4) is 11.5 Å². The Kier molecular flexibility index (Phi) is 9.15. The van der Waals surface area contributed by atoms with E-state index in [2.05, 4.69) is 0 Å². The lowest BCUT2D eigenvalue weighted by molar-refractivity contribution is -0.150. The molecule has 2 heterocycles. The van der Waals surface area contributed by atoms with Crippen LogP contribution in [0, 0.1) is 5.92 Å². The van der Waals surface area contributed by atoms with Gasteiger partial charge in [-0.15, -0.1) is 0 Å². The Morgan fingerprint density at radius 3 is 2.30 bits per heavy atom. The van der Waals surface area contributed by atoms with E-state index in [0.29, 0.717) is 48.9 Å². The van der Waals surface area contributed by atoms with E-state index in [9.17, 15) is 24.0 Å². The van der Waals surface area contributed by atoms with Crippen molar-refractivity contribution < 1.29 is 42.9 Å². The number of ether oxygens (including phenoxy) is 4. The molecule has 40 heavy (non-hydrogen) atoms. The van der Waals surface area contributed by atoms with Crippen LogP contribution in [0.4, 0.5) is 5.69 Å². The topological polar surface area (TPSA) is 129 Å². The number of likely N-dealkylation sites (tertiary alicyclic amines) is 1. The molecule has 11 nitrogen and oxygen atoms in total. The SMILES string of the molecule is CCOC(=O)C1CCCN(C2CC(=O)N(c3ccc(C(=O)OCC(=O)c4ccc(OC)c(OC)c4)cc3)C2=O)C1. The number of methoxy groups -OCH3 is 2. The summed E-state index contributed by atoms with van der Waals surface area (Å²) in [7, 11) is 2.94. The highest BCUT2D eigenvalue weighted by Gasteiger charge is 2.44. The Morgan fingerprint density at radius 1 is 0.925 bits per heavy atom. The molecule has 11 heteroatoms. The van der Waals surface area contributed by atoms with E-state index in [1.807, 2.05) is 4.90 Å². The molecule has 0 radical (unpaired) electrons. The number of piperidine rings is 1. The minimum absolute atomic E-state index is 0.0103. The van der Waals surface area contributed by atoms with Crippen LogP contribution in [-0.2, 0) is 23.9 Å². The zero-order valence-corrected chi connectivity index (χ0v) is 22.7. The van der Waals surface area contributed by atoms with E-state index in [0.717, 1.165) is 11.3 Å². The lowest BCUT2D eigenvalue weighted by atomic mass is 9.96. The summed E-state index contributed by atoms with van der Waals surface area (Å²) >= 11 is 0. The summed E-state index contributed by atoms with van der Waals surface area (Å²) < 4.78 is 20.7. The number of carbonyl (C=O) groups is 5. The molecule has 0 spiro atoms. The molecule has 0 aliphatic carbocycles. The summed E-state index contributed by atoms with van der Waals surface area (Å²) in [6.45, 7) is 2.54. The van der Waals surface area contributed by atoms with Crippen LogP contribution in [0.3, 0.4) is 0 Å². The third-order valence-corrected chi connectivity index (χ3v) is 7.04. The number of esters is 2. The Bertz CT molecular complexity index is 1290. The van der Waals surface area contributed by atoms with Gasteiger partial charge in [-0.1, -0.05) is 0 Å². The van der Waals surface area contributed by atoms with Gasteiger partial charge in [-0.2, -0.15) is 0 Å². The number of benzene rings is 2. The number of imide groups is 1. The summed E-state index contributed by atoms with van der Waals surface area (Å²) in [5.74, 6) is -1.64. The molecule has 4 rings (SSSR count). The molecule has 212 valence electrons. The van der Waals surface area contributed by atoms with E-state index in [1.165, 1.54) is 44.6 Å². The first-order valence-corrected chi connectivity index (χ1v) is 13.1. The lowest BCUT2D eigenvalue weighted by Gasteiger charge is -2.34. The van der Waals surface area contributed by atoms with Crippen LogP contribution in [0.15, 0.2) is 42.5 Å². The van der Waals surface area contributed by atoms with Crippen molar-refractivity contribution in [3.05, 3.63) is 53.6 Å². The summed E-state index contributed by atoms with van der Waals surface area (Å²) in [6.07, 6.45) is 1.43. The van der Waals surface area contributed by atoms with Gasteiger partial charge in [0.2, 0.25) is 5.91 Å². The van der Waals surface area contributed by atoms with E-state index >= 15 is 0 Å². The van der Waals surface area contributed by atoms with Crippen LogP contribution in [0.5, 0.6) is 11.5 Å². The molecule has 2 aliphatic rings. The average molecular weight is 553 g/mol. The summed E-state index contributed by atoms with van der Waals surface area (Å²) in [4.78, 5) is 66.3. The van der Waals surface area contributed by atoms with Crippen molar-refractivity contribution in [1.82, 2.24) is 4.90 Å². The van der Waals surface area contributed by atoms with Crippen molar-refractivity contribution in [2.75, 3.05) is 45.4 Å². The molecule has 2 aromatic rings. The third-order valence-electron chi connectivity index (χ3n) is 7.04. The lowest BCUT2D eigenvalue weighted by Crippen LogP contribution is -2.48. The highest BCUT2D eigenvalue weighted by molar-refractivity contribution is 6.22. The van der Waals surface area contributed by atoms with Crippen molar-refractivity contribution in [2.24, 2.45) is 5.92 Å². The number of carbonyl (C=O) groups excluding carboxylic acids is 5. The number of rotatable bonds is 10. The smallest absolute Gasteiger partial charge is 0.338 e. The predicted octanol–water partition coefficient (Wildman–Crippen LogP) is 2.65. The number of nitrogens with zero attached hydrogens (tertiary/aromatic N) is 2. The number of Topliss-reactive ketones (excluding diaryl/α,β-unsaturated/α-hetero) is 1. The molecule has 0 saturated carbocycles. The maximum absolute atomic E-state index is 13.2. The molecule has 2 unspecified atom stereocenters. The van der Waals surface area contributed by atoms with Gasteiger partial charge in [0, 0.05) is 12.1 Å². The molecule has 2 saturated heterocycles. The monoisotopic (exact) mass is 552 g/mol. The van der Waals surface area contributed by atoms with Gasteiger partial charge in [0.05, 0.1) is 50.5 Å².